The molecule has 18 heavy (non-hydrogen) atoms. The van der Waals surface area contributed by atoms with E-state index in [-0.39, 0.29) is 0 Å². The van der Waals surface area contributed by atoms with Gasteiger partial charge in [-0.1, -0.05) is 37.6 Å². The molecule has 1 N–H and O–H groups in total. The van der Waals surface area contributed by atoms with Crippen LogP contribution >= 0.6 is 11.6 Å². The van der Waals surface area contributed by atoms with E-state index >= 15 is 0 Å². The average molecular weight is 266 g/mol. The molecule has 0 aromatic heterocycles. The molecule has 1 aliphatic carbocycles. The summed E-state index contributed by atoms with van der Waals surface area (Å²) in [6, 6.07) is 9.42. The minimum absolute atomic E-state index is 0.510. The highest BCUT2D eigenvalue weighted by molar-refractivity contribution is 6.30. The van der Waals surface area contributed by atoms with Crippen LogP contribution in [-0.4, -0.2) is 6.04 Å². The van der Waals surface area contributed by atoms with Gasteiger partial charge in [0.1, 0.15) is 0 Å². The summed E-state index contributed by atoms with van der Waals surface area (Å²) in [7, 11) is 0. The van der Waals surface area contributed by atoms with Crippen LogP contribution in [0, 0.1) is 11.8 Å². The van der Waals surface area contributed by atoms with Crippen LogP contribution in [0.2, 0.25) is 5.02 Å². The second kappa shape index (κ2) is 6.08. The third-order valence-electron chi connectivity index (χ3n) is 3.61. The van der Waals surface area contributed by atoms with Gasteiger partial charge in [-0.2, -0.15) is 0 Å². The number of halogens is 1. The highest BCUT2D eigenvalue weighted by Gasteiger charge is 2.32. The van der Waals surface area contributed by atoms with Crippen molar-refractivity contribution in [1.29, 1.82) is 0 Å². The Kier molecular flexibility index (Phi) is 4.69. The van der Waals surface area contributed by atoms with Gasteiger partial charge in [-0.15, -0.1) is 0 Å². The lowest BCUT2D eigenvalue weighted by molar-refractivity contribution is 0.372. The van der Waals surface area contributed by atoms with Crippen LogP contribution in [0.4, 0.5) is 0 Å². The Morgan fingerprint density at radius 3 is 2.28 bits per heavy atom. The first-order chi connectivity index (χ1) is 8.56. The molecular formula is C16H24ClN. The van der Waals surface area contributed by atoms with Crippen LogP contribution in [0.3, 0.4) is 0 Å². The van der Waals surface area contributed by atoms with Crippen LogP contribution in [0.25, 0.3) is 0 Å². The molecule has 1 aromatic rings. The maximum Gasteiger partial charge on any atom is 0.0406 e. The molecule has 1 aliphatic rings. The molecule has 0 spiro atoms. The van der Waals surface area contributed by atoms with Crippen LogP contribution in [-0.2, 0) is 0 Å². The van der Waals surface area contributed by atoms with Crippen molar-refractivity contribution in [2.24, 2.45) is 11.8 Å². The van der Waals surface area contributed by atoms with Crippen molar-refractivity contribution in [2.45, 2.75) is 52.1 Å². The molecule has 0 radical (unpaired) electrons. The molecule has 0 saturated heterocycles. The Morgan fingerprint density at radius 1 is 1.17 bits per heavy atom. The third kappa shape index (κ3) is 4.00. The minimum atomic E-state index is 0.510. The Labute approximate surface area is 116 Å². The van der Waals surface area contributed by atoms with Crippen molar-refractivity contribution in [1.82, 2.24) is 5.32 Å². The van der Waals surface area contributed by atoms with Crippen molar-refractivity contribution in [3.8, 4) is 0 Å². The summed E-state index contributed by atoms with van der Waals surface area (Å²) in [6.45, 7) is 6.87. The van der Waals surface area contributed by atoms with E-state index in [1.165, 1.54) is 24.8 Å². The largest absolute Gasteiger partial charge is 0.307 e. The predicted molar refractivity (Wildman–Crippen MR) is 79.0 cm³/mol. The maximum absolute atomic E-state index is 5.97. The fourth-order valence-electron chi connectivity index (χ4n) is 2.69. The van der Waals surface area contributed by atoms with Crippen LogP contribution in [0.15, 0.2) is 24.3 Å². The standard InChI is InChI=1S/C16H24ClN/c1-11(2)10-12(3)18-16(13-4-5-13)14-6-8-15(17)9-7-14/h6-9,11-13,16,18H,4-5,10H2,1-3H3. The first-order valence-electron chi connectivity index (χ1n) is 7.07. The SMILES string of the molecule is CC(C)CC(C)NC(c1ccc(Cl)cc1)C1CC1. The molecule has 0 bridgehead atoms. The second-order valence-electron chi connectivity index (χ2n) is 6.06. The minimum Gasteiger partial charge on any atom is -0.307 e. The molecule has 2 rings (SSSR count). The van der Waals surface area contributed by atoms with Gasteiger partial charge in [0.05, 0.1) is 0 Å². The molecule has 1 fully saturated rings. The van der Waals surface area contributed by atoms with Gasteiger partial charge < -0.3 is 5.32 Å². The van der Waals surface area contributed by atoms with E-state index in [4.69, 9.17) is 11.6 Å². The number of rotatable bonds is 6. The number of nitrogens with one attached hydrogen (secondary N) is 1. The van der Waals surface area contributed by atoms with Crippen LogP contribution in [0.1, 0.15) is 51.6 Å². The first kappa shape index (κ1) is 13.9. The van der Waals surface area contributed by atoms with Gasteiger partial charge in [0.25, 0.3) is 0 Å². The average Bonchev–Trinajstić information content (AvgIpc) is 3.10. The summed E-state index contributed by atoms with van der Waals surface area (Å²) >= 11 is 5.97. The van der Waals surface area contributed by atoms with Crippen molar-refractivity contribution in [3.05, 3.63) is 34.9 Å². The zero-order valence-corrected chi connectivity index (χ0v) is 12.4. The molecule has 0 amide bonds. The first-order valence-corrected chi connectivity index (χ1v) is 7.45. The summed E-state index contributed by atoms with van der Waals surface area (Å²) in [5.74, 6) is 1.57. The van der Waals surface area contributed by atoms with Gasteiger partial charge in [-0.25, -0.2) is 0 Å². The van der Waals surface area contributed by atoms with Crippen molar-refractivity contribution in [3.63, 3.8) is 0 Å². The van der Waals surface area contributed by atoms with Crippen LogP contribution in [0.5, 0.6) is 0 Å². The van der Waals surface area contributed by atoms with E-state index in [9.17, 15) is 0 Å². The zero-order valence-electron chi connectivity index (χ0n) is 11.6. The monoisotopic (exact) mass is 265 g/mol. The van der Waals surface area contributed by atoms with Crippen LogP contribution < -0.4 is 5.32 Å². The Hall–Kier alpha value is -0.530. The molecule has 0 heterocycles. The maximum atomic E-state index is 5.97. The number of hydrogen-bond donors (Lipinski definition) is 1. The third-order valence-corrected chi connectivity index (χ3v) is 3.86. The summed E-state index contributed by atoms with van der Waals surface area (Å²) in [4.78, 5) is 0. The Morgan fingerprint density at radius 2 is 1.78 bits per heavy atom. The van der Waals surface area contributed by atoms with E-state index in [0.29, 0.717) is 12.1 Å². The van der Waals surface area contributed by atoms with E-state index in [1.54, 1.807) is 0 Å². The van der Waals surface area contributed by atoms with Gasteiger partial charge >= 0.3 is 0 Å². The smallest absolute Gasteiger partial charge is 0.0406 e. The van der Waals surface area contributed by atoms with E-state index in [1.807, 2.05) is 12.1 Å². The molecule has 1 nitrogen and oxygen atoms in total. The lowest BCUT2D eigenvalue weighted by Gasteiger charge is -2.25. The van der Waals surface area contributed by atoms with E-state index in [2.05, 4.69) is 38.2 Å². The lowest BCUT2D eigenvalue weighted by atomic mass is 9.99. The lowest BCUT2D eigenvalue weighted by Crippen LogP contribution is -2.32. The molecule has 1 aromatic carbocycles. The second-order valence-corrected chi connectivity index (χ2v) is 6.50. The van der Waals surface area contributed by atoms with E-state index in [0.717, 1.165) is 16.9 Å². The summed E-state index contributed by atoms with van der Waals surface area (Å²) in [5.41, 5.74) is 1.39. The molecule has 100 valence electrons. The molecule has 2 heteroatoms. The molecule has 1 saturated carbocycles. The fraction of sp³-hybridized carbons (Fsp3) is 0.625. The Balaban J connectivity index is 2.02. The zero-order chi connectivity index (χ0) is 13.1. The normalized spacial score (nSPS) is 18.9. The molecule has 2 atom stereocenters. The topological polar surface area (TPSA) is 12.0 Å². The van der Waals surface area contributed by atoms with Crippen molar-refractivity contribution in [2.75, 3.05) is 0 Å². The molecule has 0 aliphatic heterocycles. The summed E-state index contributed by atoms with van der Waals surface area (Å²) in [5, 5.41) is 4.63. The fourth-order valence-corrected chi connectivity index (χ4v) is 2.81. The quantitative estimate of drug-likeness (QED) is 0.778. The van der Waals surface area contributed by atoms with Gasteiger partial charge in [-0.3, -0.25) is 0 Å². The predicted octanol–water partition coefficient (Wildman–Crippen LogP) is 4.82. The number of hydrogen-bond acceptors (Lipinski definition) is 1. The van der Waals surface area contributed by atoms with Gasteiger partial charge in [0.2, 0.25) is 0 Å². The number of benzene rings is 1. The van der Waals surface area contributed by atoms with E-state index < -0.39 is 0 Å². The molecular weight excluding hydrogens is 242 g/mol. The van der Waals surface area contributed by atoms with Gasteiger partial charge in [-0.05, 0) is 55.7 Å². The highest BCUT2D eigenvalue weighted by atomic mass is 35.5. The van der Waals surface area contributed by atoms with Gasteiger partial charge in [0, 0.05) is 17.1 Å². The Bertz CT molecular complexity index is 367. The van der Waals surface area contributed by atoms with Crippen molar-refractivity contribution < 1.29 is 0 Å². The summed E-state index contributed by atoms with van der Waals surface area (Å²) < 4.78 is 0. The van der Waals surface area contributed by atoms with Crippen molar-refractivity contribution >= 4 is 11.6 Å². The highest BCUT2D eigenvalue weighted by Crippen LogP contribution is 2.41. The summed E-state index contributed by atoms with van der Waals surface area (Å²) in [6.07, 6.45) is 3.94. The van der Waals surface area contributed by atoms with Gasteiger partial charge in [0.15, 0.2) is 0 Å². The molecule has 2 unspecified atom stereocenters.